The van der Waals surface area contributed by atoms with Gasteiger partial charge in [0.05, 0.1) is 11.9 Å². The minimum Gasteiger partial charge on any atom is -0.376 e. The molecule has 1 aromatic rings. The standard InChI is InChI=1S/C8H12N2.C2H6/c1-7-4-5-8(6-9-7)10(2)3;1-2/h4-6H,1-3H3;1-2H3. The van der Waals surface area contributed by atoms with Crippen molar-refractivity contribution in [2.45, 2.75) is 20.8 Å². The minimum atomic E-state index is 1.06. The van der Waals surface area contributed by atoms with Crippen LogP contribution in [0.3, 0.4) is 0 Å². The van der Waals surface area contributed by atoms with Gasteiger partial charge >= 0.3 is 0 Å². The third-order valence-electron chi connectivity index (χ3n) is 1.41. The van der Waals surface area contributed by atoms with Crippen molar-refractivity contribution >= 4 is 5.69 Å². The van der Waals surface area contributed by atoms with Crippen LogP contribution in [0.5, 0.6) is 0 Å². The predicted molar refractivity (Wildman–Crippen MR) is 54.6 cm³/mol. The van der Waals surface area contributed by atoms with Crippen LogP contribution in [0.2, 0.25) is 0 Å². The van der Waals surface area contributed by atoms with Crippen molar-refractivity contribution in [3.8, 4) is 0 Å². The Morgan fingerprint density at radius 3 is 2.08 bits per heavy atom. The zero-order chi connectivity index (χ0) is 9.56. The van der Waals surface area contributed by atoms with Gasteiger partial charge in [-0.3, -0.25) is 4.98 Å². The average Bonchev–Trinajstić information content (AvgIpc) is 2.09. The third-order valence-corrected chi connectivity index (χ3v) is 1.41. The summed E-state index contributed by atoms with van der Waals surface area (Å²) in [6.45, 7) is 5.99. The normalized spacial score (nSPS) is 8.42. The third kappa shape index (κ3) is 3.37. The number of pyridine rings is 1. The van der Waals surface area contributed by atoms with E-state index < -0.39 is 0 Å². The molecule has 0 N–H and O–H groups in total. The lowest BCUT2D eigenvalue weighted by atomic mass is 10.3. The van der Waals surface area contributed by atoms with E-state index in [4.69, 9.17) is 0 Å². The molecule has 0 bridgehead atoms. The molecule has 0 aliphatic carbocycles. The number of rotatable bonds is 1. The highest BCUT2D eigenvalue weighted by atomic mass is 15.1. The molecule has 1 rings (SSSR count). The molecule has 1 aromatic heterocycles. The molecule has 1 heterocycles. The molecule has 0 saturated carbocycles. The second-order valence-electron chi connectivity index (χ2n) is 2.55. The minimum absolute atomic E-state index is 1.06. The van der Waals surface area contributed by atoms with Gasteiger partial charge in [-0.25, -0.2) is 0 Å². The van der Waals surface area contributed by atoms with Crippen molar-refractivity contribution in [1.82, 2.24) is 4.98 Å². The summed E-state index contributed by atoms with van der Waals surface area (Å²) in [5, 5.41) is 0. The van der Waals surface area contributed by atoms with Crippen molar-refractivity contribution in [3.63, 3.8) is 0 Å². The van der Waals surface area contributed by atoms with Crippen LogP contribution in [0.25, 0.3) is 0 Å². The fourth-order valence-electron chi connectivity index (χ4n) is 0.725. The molecule has 0 aliphatic rings. The van der Waals surface area contributed by atoms with Crippen LogP contribution in [0, 0.1) is 6.92 Å². The quantitative estimate of drug-likeness (QED) is 0.637. The molecule has 2 nitrogen and oxygen atoms in total. The van der Waals surface area contributed by atoms with Gasteiger partial charge in [0.1, 0.15) is 0 Å². The Kier molecular flexibility index (Phi) is 5.09. The fourth-order valence-corrected chi connectivity index (χ4v) is 0.725. The van der Waals surface area contributed by atoms with E-state index in [9.17, 15) is 0 Å². The number of hydrogen-bond acceptors (Lipinski definition) is 2. The maximum Gasteiger partial charge on any atom is 0.0547 e. The summed E-state index contributed by atoms with van der Waals surface area (Å²) in [7, 11) is 4.01. The van der Waals surface area contributed by atoms with E-state index >= 15 is 0 Å². The fraction of sp³-hybridized carbons (Fsp3) is 0.500. The lowest BCUT2D eigenvalue weighted by Crippen LogP contribution is -2.08. The molecule has 12 heavy (non-hydrogen) atoms. The summed E-state index contributed by atoms with van der Waals surface area (Å²) in [5.41, 5.74) is 2.20. The van der Waals surface area contributed by atoms with Gasteiger partial charge in [-0.15, -0.1) is 0 Å². The SMILES string of the molecule is CC.Cc1ccc(N(C)C)cn1. The Labute approximate surface area is 75.2 Å². The first-order valence-electron chi connectivity index (χ1n) is 4.30. The van der Waals surface area contributed by atoms with E-state index in [0.29, 0.717) is 0 Å². The number of aromatic nitrogens is 1. The van der Waals surface area contributed by atoms with Gasteiger partial charge in [0.15, 0.2) is 0 Å². The van der Waals surface area contributed by atoms with Crippen LogP contribution in [0.15, 0.2) is 18.3 Å². The maximum absolute atomic E-state index is 4.16. The lowest BCUT2D eigenvalue weighted by molar-refractivity contribution is 1.09. The molecule has 0 atom stereocenters. The smallest absolute Gasteiger partial charge is 0.0547 e. The van der Waals surface area contributed by atoms with Gasteiger partial charge in [-0.1, -0.05) is 13.8 Å². The van der Waals surface area contributed by atoms with Crippen LogP contribution in [0.4, 0.5) is 5.69 Å². The summed E-state index contributed by atoms with van der Waals surface area (Å²) in [6, 6.07) is 4.07. The Morgan fingerprint density at radius 2 is 1.75 bits per heavy atom. The van der Waals surface area contributed by atoms with Gasteiger partial charge < -0.3 is 4.90 Å². The molecule has 68 valence electrons. The van der Waals surface area contributed by atoms with Crippen molar-refractivity contribution in [1.29, 1.82) is 0 Å². The van der Waals surface area contributed by atoms with E-state index in [1.165, 1.54) is 0 Å². The van der Waals surface area contributed by atoms with Crippen molar-refractivity contribution in [2.75, 3.05) is 19.0 Å². The van der Waals surface area contributed by atoms with Crippen LogP contribution in [0.1, 0.15) is 19.5 Å². The summed E-state index contributed by atoms with van der Waals surface area (Å²) in [5.74, 6) is 0. The molecular weight excluding hydrogens is 148 g/mol. The zero-order valence-corrected chi connectivity index (χ0v) is 8.63. The molecule has 0 aliphatic heterocycles. The number of anilines is 1. The topological polar surface area (TPSA) is 16.1 Å². The first kappa shape index (κ1) is 11.0. The molecule has 0 spiro atoms. The summed E-state index contributed by atoms with van der Waals surface area (Å²) < 4.78 is 0. The molecule has 0 unspecified atom stereocenters. The highest BCUT2D eigenvalue weighted by Crippen LogP contribution is 2.07. The summed E-state index contributed by atoms with van der Waals surface area (Å²) in [4.78, 5) is 6.19. The van der Waals surface area contributed by atoms with Crippen molar-refractivity contribution in [3.05, 3.63) is 24.0 Å². The molecule has 0 aromatic carbocycles. The van der Waals surface area contributed by atoms with E-state index in [0.717, 1.165) is 11.4 Å². The molecule has 0 fully saturated rings. The maximum atomic E-state index is 4.16. The van der Waals surface area contributed by atoms with Gasteiger partial charge in [0, 0.05) is 19.8 Å². The van der Waals surface area contributed by atoms with Gasteiger partial charge in [0.25, 0.3) is 0 Å². The van der Waals surface area contributed by atoms with Crippen LogP contribution in [-0.2, 0) is 0 Å². The molecule has 0 radical (unpaired) electrons. The largest absolute Gasteiger partial charge is 0.376 e. The second-order valence-corrected chi connectivity index (χ2v) is 2.55. The molecule has 2 heteroatoms. The Hall–Kier alpha value is -1.05. The van der Waals surface area contributed by atoms with Gasteiger partial charge in [0.2, 0.25) is 0 Å². The predicted octanol–water partition coefficient (Wildman–Crippen LogP) is 2.48. The van der Waals surface area contributed by atoms with Crippen molar-refractivity contribution in [2.24, 2.45) is 0 Å². The van der Waals surface area contributed by atoms with Gasteiger partial charge in [-0.2, -0.15) is 0 Å². The Morgan fingerprint density at radius 1 is 1.17 bits per heavy atom. The van der Waals surface area contributed by atoms with E-state index in [2.05, 4.69) is 11.1 Å². The average molecular weight is 166 g/mol. The summed E-state index contributed by atoms with van der Waals surface area (Å²) in [6.07, 6.45) is 1.87. The van der Waals surface area contributed by atoms with Gasteiger partial charge in [-0.05, 0) is 19.1 Å². The highest BCUT2D eigenvalue weighted by molar-refractivity contribution is 5.42. The van der Waals surface area contributed by atoms with E-state index in [1.807, 2.05) is 52.0 Å². The first-order chi connectivity index (χ1) is 5.70. The highest BCUT2D eigenvalue weighted by Gasteiger charge is 1.91. The lowest BCUT2D eigenvalue weighted by Gasteiger charge is -2.10. The first-order valence-corrected chi connectivity index (χ1v) is 4.30. The molecule has 0 saturated heterocycles. The van der Waals surface area contributed by atoms with Crippen LogP contribution >= 0.6 is 0 Å². The number of nitrogens with zero attached hydrogens (tertiary/aromatic N) is 2. The van der Waals surface area contributed by atoms with Crippen LogP contribution < -0.4 is 4.90 Å². The Balaban J connectivity index is 0.000000561. The second kappa shape index (κ2) is 5.58. The zero-order valence-electron chi connectivity index (χ0n) is 8.63. The Bertz CT molecular complexity index is 202. The summed E-state index contributed by atoms with van der Waals surface area (Å²) >= 11 is 0. The number of aryl methyl sites for hydroxylation is 1. The molecule has 0 amide bonds. The monoisotopic (exact) mass is 166 g/mol. The number of hydrogen-bond donors (Lipinski definition) is 0. The van der Waals surface area contributed by atoms with E-state index in [1.54, 1.807) is 0 Å². The molecular formula is C10H18N2. The van der Waals surface area contributed by atoms with Crippen molar-refractivity contribution < 1.29 is 0 Å². The van der Waals surface area contributed by atoms with Crippen LogP contribution in [-0.4, -0.2) is 19.1 Å². The van der Waals surface area contributed by atoms with E-state index in [-0.39, 0.29) is 0 Å².